The average molecular weight is 371 g/mol. The summed E-state index contributed by atoms with van der Waals surface area (Å²) in [5, 5.41) is 20.1. The van der Waals surface area contributed by atoms with Crippen LogP contribution < -0.4 is 5.56 Å². The lowest BCUT2D eigenvalue weighted by molar-refractivity contribution is -0.384. The highest BCUT2D eigenvalue weighted by Crippen LogP contribution is 2.23. The number of carbonyl (C=O) groups is 1. The van der Waals surface area contributed by atoms with Crippen LogP contribution in [0.2, 0.25) is 0 Å². The molecule has 0 N–H and O–H groups in total. The summed E-state index contributed by atoms with van der Waals surface area (Å²) in [5.41, 5.74) is 1.11. The van der Waals surface area contributed by atoms with Crippen molar-refractivity contribution in [2.24, 2.45) is 0 Å². The van der Waals surface area contributed by atoms with Crippen molar-refractivity contribution in [3.63, 3.8) is 0 Å². The van der Waals surface area contributed by atoms with Crippen LogP contribution in [0.25, 0.3) is 16.6 Å². The van der Waals surface area contributed by atoms with Gasteiger partial charge in [-0.25, -0.2) is 9.36 Å². The van der Waals surface area contributed by atoms with Crippen molar-refractivity contribution < 1.29 is 14.5 Å². The molecule has 0 spiro atoms. The number of non-ortho nitro benzene ring substituents is 1. The van der Waals surface area contributed by atoms with Crippen molar-refractivity contribution >= 4 is 22.6 Å². The topological polar surface area (TPSA) is 122 Å². The lowest BCUT2D eigenvalue weighted by Crippen LogP contribution is -2.28. The Morgan fingerprint density at radius 3 is 2.70 bits per heavy atom. The number of nitrogens with zero attached hydrogens (tertiary/aromatic N) is 5. The number of esters is 1. The Morgan fingerprint density at radius 1 is 1.30 bits per heavy atom. The second-order valence-electron chi connectivity index (χ2n) is 5.85. The fraction of sp³-hybridized carbons (Fsp3) is 0.294. The predicted molar refractivity (Wildman–Crippen MR) is 95.9 cm³/mol. The molecule has 0 amide bonds. The van der Waals surface area contributed by atoms with Crippen molar-refractivity contribution in [2.45, 2.75) is 27.3 Å². The number of fused-ring (bicyclic) bond motifs is 1. The van der Waals surface area contributed by atoms with Gasteiger partial charge in [-0.3, -0.25) is 19.7 Å². The SMILES string of the molecule is CCOC(=O)Cn1nc(C)c2c(C)n(-c3cccc([N+](=O)[O-])c3)nc2c1=O. The molecular formula is C17H17N5O5. The first-order valence-corrected chi connectivity index (χ1v) is 8.21. The van der Waals surface area contributed by atoms with E-state index in [2.05, 4.69) is 10.2 Å². The first-order chi connectivity index (χ1) is 12.8. The third-order valence-electron chi connectivity index (χ3n) is 4.06. The van der Waals surface area contributed by atoms with Gasteiger partial charge in [-0.1, -0.05) is 6.07 Å². The molecule has 2 heterocycles. The Kier molecular flexibility index (Phi) is 4.72. The molecule has 27 heavy (non-hydrogen) atoms. The van der Waals surface area contributed by atoms with Gasteiger partial charge in [0.2, 0.25) is 0 Å². The second kappa shape index (κ2) is 6.98. The van der Waals surface area contributed by atoms with E-state index in [1.54, 1.807) is 32.9 Å². The number of nitro groups is 1. The number of aromatic nitrogens is 4. The summed E-state index contributed by atoms with van der Waals surface area (Å²) < 4.78 is 7.33. The third kappa shape index (κ3) is 3.28. The van der Waals surface area contributed by atoms with E-state index in [1.165, 1.54) is 16.8 Å². The van der Waals surface area contributed by atoms with E-state index < -0.39 is 16.5 Å². The third-order valence-corrected chi connectivity index (χ3v) is 4.06. The molecule has 2 aromatic heterocycles. The first kappa shape index (κ1) is 18.2. The highest BCUT2D eigenvalue weighted by Gasteiger charge is 2.19. The molecule has 140 valence electrons. The molecule has 0 saturated heterocycles. The standard InChI is InChI=1S/C17H17N5O5/c1-4-27-14(23)9-20-17(24)16-15(10(2)18-20)11(3)21(19-16)12-6-5-7-13(8-12)22(25)26/h5-8H,4,9H2,1-3H3. The minimum atomic E-state index is -0.569. The van der Waals surface area contributed by atoms with Gasteiger partial charge in [0.1, 0.15) is 6.54 Å². The molecule has 0 aliphatic heterocycles. The van der Waals surface area contributed by atoms with E-state index in [0.717, 1.165) is 4.68 Å². The van der Waals surface area contributed by atoms with Crippen molar-refractivity contribution in [3.05, 3.63) is 56.1 Å². The fourth-order valence-corrected chi connectivity index (χ4v) is 2.91. The van der Waals surface area contributed by atoms with E-state index in [1.807, 2.05) is 0 Å². The van der Waals surface area contributed by atoms with Crippen molar-refractivity contribution in [3.8, 4) is 5.69 Å². The summed E-state index contributed by atoms with van der Waals surface area (Å²) >= 11 is 0. The number of carbonyl (C=O) groups excluding carboxylic acids is 1. The molecule has 0 radical (unpaired) electrons. The first-order valence-electron chi connectivity index (χ1n) is 8.21. The van der Waals surface area contributed by atoms with E-state index in [-0.39, 0.29) is 24.4 Å². The molecule has 0 atom stereocenters. The molecule has 0 aliphatic carbocycles. The molecule has 3 rings (SSSR count). The van der Waals surface area contributed by atoms with Crippen LogP contribution in [0.5, 0.6) is 0 Å². The molecule has 10 nitrogen and oxygen atoms in total. The normalized spacial score (nSPS) is 10.9. The molecule has 1 aromatic carbocycles. The maximum absolute atomic E-state index is 12.7. The Morgan fingerprint density at radius 2 is 2.04 bits per heavy atom. The van der Waals surface area contributed by atoms with Gasteiger partial charge in [0.25, 0.3) is 11.2 Å². The number of aryl methyl sites for hydroxylation is 2. The summed E-state index contributed by atoms with van der Waals surface area (Å²) in [5.74, 6) is -0.569. The van der Waals surface area contributed by atoms with Crippen LogP contribution in [-0.4, -0.2) is 37.1 Å². The zero-order valence-corrected chi connectivity index (χ0v) is 15.0. The monoisotopic (exact) mass is 371 g/mol. The second-order valence-corrected chi connectivity index (χ2v) is 5.85. The number of ether oxygens (including phenoxy) is 1. The van der Waals surface area contributed by atoms with Crippen LogP contribution in [0.15, 0.2) is 29.1 Å². The van der Waals surface area contributed by atoms with Crippen LogP contribution in [0, 0.1) is 24.0 Å². The molecule has 0 bridgehead atoms. The van der Waals surface area contributed by atoms with Gasteiger partial charge in [0.15, 0.2) is 5.52 Å². The van der Waals surface area contributed by atoms with Crippen LogP contribution >= 0.6 is 0 Å². The summed E-state index contributed by atoms with van der Waals surface area (Å²) in [6, 6.07) is 5.95. The van der Waals surface area contributed by atoms with Gasteiger partial charge in [-0.2, -0.15) is 10.2 Å². The fourth-order valence-electron chi connectivity index (χ4n) is 2.91. The van der Waals surface area contributed by atoms with Crippen LogP contribution in [0.4, 0.5) is 5.69 Å². The zero-order valence-electron chi connectivity index (χ0n) is 15.0. The minimum absolute atomic E-state index is 0.0824. The molecule has 0 unspecified atom stereocenters. The molecule has 0 fully saturated rings. The van der Waals surface area contributed by atoms with Crippen LogP contribution in [0.1, 0.15) is 18.3 Å². The number of benzene rings is 1. The summed E-state index contributed by atoms with van der Waals surface area (Å²) in [4.78, 5) is 34.9. The number of nitro benzene ring substituents is 1. The maximum atomic E-state index is 12.7. The van der Waals surface area contributed by atoms with Crippen molar-refractivity contribution in [1.29, 1.82) is 0 Å². The number of hydrogen-bond acceptors (Lipinski definition) is 7. The minimum Gasteiger partial charge on any atom is -0.465 e. The lowest BCUT2D eigenvalue weighted by Gasteiger charge is -2.06. The Labute approximate surface area is 153 Å². The van der Waals surface area contributed by atoms with E-state index in [4.69, 9.17) is 4.74 Å². The number of hydrogen-bond donors (Lipinski definition) is 0. The lowest BCUT2D eigenvalue weighted by atomic mass is 10.2. The molecule has 3 aromatic rings. The molecule has 10 heteroatoms. The van der Waals surface area contributed by atoms with E-state index in [0.29, 0.717) is 22.5 Å². The van der Waals surface area contributed by atoms with E-state index in [9.17, 15) is 19.7 Å². The van der Waals surface area contributed by atoms with Gasteiger partial charge in [-0.05, 0) is 26.8 Å². The molecule has 0 saturated carbocycles. The Hall–Kier alpha value is -3.56. The number of rotatable bonds is 5. The van der Waals surface area contributed by atoms with Crippen molar-refractivity contribution in [1.82, 2.24) is 19.6 Å². The summed E-state index contributed by atoms with van der Waals surface area (Å²) in [6.07, 6.45) is 0. The summed E-state index contributed by atoms with van der Waals surface area (Å²) in [6.45, 7) is 5.02. The van der Waals surface area contributed by atoms with Crippen LogP contribution in [0.3, 0.4) is 0 Å². The summed E-state index contributed by atoms with van der Waals surface area (Å²) in [7, 11) is 0. The average Bonchev–Trinajstić information content (AvgIpc) is 2.98. The van der Waals surface area contributed by atoms with Gasteiger partial charge >= 0.3 is 5.97 Å². The highest BCUT2D eigenvalue weighted by atomic mass is 16.6. The smallest absolute Gasteiger partial charge is 0.327 e. The quantitative estimate of drug-likeness (QED) is 0.380. The Balaban J connectivity index is 2.17. The van der Waals surface area contributed by atoms with Gasteiger partial charge in [0.05, 0.1) is 34.0 Å². The van der Waals surface area contributed by atoms with Gasteiger partial charge in [0, 0.05) is 12.1 Å². The van der Waals surface area contributed by atoms with E-state index >= 15 is 0 Å². The van der Waals surface area contributed by atoms with Crippen molar-refractivity contribution in [2.75, 3.05) is 6.61 Å². The predicted octanol–water partition coefficient (Wildman–Crippen LogP) is 1.67. The van der Waals surface area contributed by atoms with Gasteiger partial charge < -0.3 is 4.74 Å². The maximum Gasteiger partial charge on any atom is 0.327 e. The highest BCUT2D eigenvalue weighted by molar-refractivity contribution is 5.83. The Bertz CT molecular complexity index is 1110. The molecule has 0 aliphatic rings. The zero-order chi connectivity index (χ0) is 19.7. The van der Waals surface area contributed by atoms with Crippen LogP contribution in [-0.2, 0) is 16.1 Å². The largest absolute Gasteiger partial charge is 0.465 e. The van der Waals surface area contributed by atoms with Gasteiger partial charge in [-0.15, -0.1) is 0 Å². The molecular weight excluding hydrogens is 354 g/mol.